The van der Waals surface area contributed by atoms with Crippen LogP contribution in [0.4, 0.5) is 0 Å². The van der Waals surface area contributed by atoms with E-state index in [1.165, 1.54) is 0 Å². The van der Waals surface area contributed by atoms with Gasteiger partial charge in [-0.25, -0.2) is 4.72 Å². The molecule has 96 valence electrons. The second kappa shape index (κ2) is 5.59. The maximum atomic E-state index is 11.6. The molecule has 0 bridgehead atoms. The van der Waals surface area contributed by atoms with E-state index in [1.807, 2.05) is 6.07 Å². The number of hydrogen-bond donors (Lipinski definition) is 3. The fourth-order valence-corrected chi connectivity index (χ4v) is 2.74. The Morgan fingerprint density at radius 2 is 1.88 bits per heavy atom. The van der Waals surface area contributed by atoms with E-state index in [1.54, 1.807) is 38.1 Å². The lowest BCUT2D eigenvalue weighted by Crippen LogP contribution is -2.50. The summed E-state index contributed by atoms with van der Waals surface area (Å²) in [5.41, 5.74) is -0.314. The van der Waals surface area contributed by atoms with Gasteiger partial charge in [-0.1, -0.05) is 37.3 Å². The predicted molar refractivity (Wildman–Crippen MR) is 66.6 cm³/mol. The molecule has 1 unspecified atom stereocenters. The third-order valence-electron chi connectivity index (χ3n) is 2.42. The minimum absolute atomic E-state index is 0.297. The third-order valence-corrected chi connectivity index (χ3v) is 3.81. The molecule has 0 heterocycles. The Balaban J connectivity index is 2.98. The largest absolute Gasteiger partial charge is 0.394 e. The molecule has 0 fully saturated rings. The maximum absolute atomic E-state index is 11.6. The lowest BCUT2D eigenvalue weighted by atomic mass is 9.94. The number of aliphatic hydroxyl groups excluding tert-OH is 1. The quantitative estimate of drug-likeness (QED) is 0.688. The molecular formula is C11H18N2O3S. The highest BCUT2D eigenvalue weighted by Gasteiger charge is 2.30. The highest BCUT2D eigenvalue weighted by Crippen LogP contribution is 2.20. The molecule has 0 aliphatic carbocycles. The van der Waals surface area contributed by atoms with Crippen LogP contribution in [0.3, 0.4) is 0 Å². The Hall–Kier alpha value is -0.950. The van der Waals surface area contributed by atoms with Crippen LogP contribution in [0.15, 0.2) is 30.3 Å². The zero-order valence-electron chi connectivity index (χ0n) is 9.97. The zero-order chi connectivity index (χ0) is 12.9. The summed E-state index contributed by atoms with van der Waals surface area (Å²) >= 11 is 0. The average molecular weight is 258 g/mol. The smallest absolute Gasteiger partial charge is 0.277 e. The normalized spacial score (nSPS) is 15.5. The Kier molecular flexibility index (Phi) is 4.64. The molecule has 0 saturated carbocycles. The first-order chi connectivity index (χ1) is 7.93. The summed E-state index contributed by atoms with van der Waals surface area (Å²) in [7, 11) is -3.61. The van der Waals surface area contributed by atoms with Gasteiger partial charge in [0.05, 0.1) is 12.1 Å². The van der Waals surface area contributed by atoms with Gasteiger partial charge in [-0.15, -0.1) is 0 Å². The van der Waals surface area contributed by atoms with E-state index < -0.39 is 15.7 Å². The van der Waals surface area contributed by atoms with Crippen molar-refractivity contribution in [2.45, 2.75) is 19.4 Å². The number of benzene rings is 1. The first-order valence-electron chi connectivity index (χ1n) is 5.38. The van der Waals surface area contributed by atoms with Gasteiger partial charge in [0.25, 0.3) is 10.2 Å². The molecular weight excluding hydrogens is 240 g/mol. The van der Waals surface area contributed by atoms with E-state index in [0.717, 1.165) is 0 Å². The van der Waals surface area contributed by atoms with Crippen LogP contribution in [0.2, 0.25) is 0 Å². The third kappa shape index (κ3) is 3.78. The first kappa shape index (κ1) is 14.1. The van der Waals surface area contributed by atoms with Gasteiger partial charge in [0, 0.05) is 6.54 Å². The standard InChI is InChI=1S/C11H18N2O3S/c1-3-12-17(15,16)13-11(2,9-14)10-7-5-4-6-8-10/h4-8,12-14H,3,9H2,1-2H3. The van der Waals surface area contributed by atoms with Crippen LogP contribution in [0.1, 0.15) is 19.4 Å². The van der Waals surface area contributed by atoms with Crippen molar-refractivity contribution < 1.29 is 13.5 Å². The van der Waals surface area contributed by atoms with E-state index in [4.69, 9.17) is 0 Å². The van der Waals surface area contributed by atoms with Gasteiger partial charge >= 0.3 is 0 Å². The molecule has 0 saturated heterocycles. The highest BCUT2D eigenvalue weighted by molar-refractivity contribution is 7.87. The predicted octanol–water partition coefficient (Wildman–Crippen LogP) is 0.338. The zero-order valence-corrected chi connectivity index (χ0v) is 10.8. The molecule has 1 aromatic rings. The van der Waals surface area contributed by atoms with Crippen molar-refractivity contribution in [1.82, 2.24) is 9.44 Å². The van der Waals surface area contributed by atoms with Crippen molar-refractivity contribution in [1.29, 1.82) is 0 Å². The van der Waals surface area contributed by atoms with Crippen molar-refractivity contribution in [2.75, 3.05) is 13.2 Å². The monoisotopic (exact) mass is 258 g/mol. The van der Waals surface area contributed by atoms with Crippen LogP contribution in [0.5, 0.6) is 0 Å². The van der Waals surface area contributed by atoms with Gasteiger partial charge in [0.1, 0.15) is 0 Å². The van der Waals surface area contributed by atoms with Crippen molar-refractivity contribution in [3.8, 4) is 0 Å². The maximum Gasteiger partial charge on any atom is 0.277 e. The molecule has 6 heteroatoms. The Morgan fingerprint density at radius 1 is 1.29 bits per heavy atom. The van der Waals surface area contributed by atoms with E-state index in [9.17, 15) is 13.5 Å². The summed E-state index contributed by atoms with van der Waals surface area (Å²) in [4.78, 5) is 0. The second-order valence-corrected chi connectivity index (χ2v) is 5.46. The van der Waals surface area contributed by atoms with Crippen molar-refractivity contribution in [3.63, 3.8) is 0 Å². The lowest BCUT2D eigenvalue weighted by molar-refractivity contribution is 0.195. The molecule has 0 amide bonds. The van der Waals surface area contributed by atoms with Crippen LogP contribution in [0, 0.1) is 0 Å². The Labute approximate surface area is 102 Å². The highest BCUT2D eigenvalue weighted by atomic mass is 32.2. The molecule has 0 radical (unpaired) electrons. The van der Waals surface area contributed by atoms with Gasteiger partial charge in [-0.2, -0.15) is 13.1 Å². The molecule has 0 aliphatic heterocycles. The van der Waals surface area contributed by atoms with E-state index >= 15 is 0 Å². The fourth-order valence-electron chi connectivity index (χ4n) is 1.51. The molecule has 0 spiro atoms. The fraction of sp³-hybridized carbons (Fsp3) is 0.455. The molecule has 1 atom stereocenters. The van der Waals surface area contributed by atoms with E-state index in [0.29, 0.717) is 12.1 Å². The Bertz CT molecular complexity index is 447. The molecule has 0 aliphatic rings. The molecule has 17 heavy (non-hydrogen) atoms. The number of hydrogen-bond acceptors (Lipinski definition) is 3. The number of rotatable bonds is 6. The SMILES string of the molecule is CCNS(=O)(=O)NC(C)(CO)c1ccccc1. The van der Waals surface area contributed by atoms with Crippen LogP contribution < -0.4 is 9.44 Å². The van der Waals surface area contributed by atoms with E-state index in [2.05, 4.69) is 9.44 Å². The molecule has 0 aromatic heterocycles. The first-order valence-corrected chi connectivity index (χ1v) is 6.87. The van der Waals surface area contributed by atoms with Gasteiger partial charge in [0.15, 0.2) is 0 Å². The summed E-state index contributed by atoms with van der Waals surface area (Å²) in [6, 6.07) is 8.96. The van der Waals surface area contributed by atoms with Crippen molar-refractivity contribution in [3.05, 3.63) is 35.9 Å². The summed E-state index contributed by atoms with van der Waals surface area (Å²) in [5, 5.41) is 9.42. The molecule has 5 nitrogen and oxygen atoms in total. The molecule has 1 rings (SSSR count). The van der Waals surface area contributed by atoms with Crippen LogP contribution >= 0.6 is 0 Å². The lowest BCUT2D eigenvalue weighted by Gasteiger charge is -2.28. The molecule has 1 aromatic carbocycles. The van der Waals surface area contributed by atoms with Gasteiger partial charge in [0.2, 0.25) is 0 Å². The van der Waals surface area contributed by atoms with E-state index in [-0.39, 0.29) is 6.61 Å². The van der Waals surface area contributed by atoms with Crippen molar-refractivity contribution in [2.24, 2.45) is 0 Å². The summed E-state index contributed by atoms with van der Waals surface area (Å²) in [6.07, 6.45) is 0. The topological polar surface area (TPSA) is 78.4 Å². The summed E-state index contributed by atoms with van der Waals surface area (Å²) < 4.78 is 28.1. The van der Waals surface area contributed by atoms with Gasteiger partial charge < -0.3 is 5.11 Å². The van der Waals surface area contributed by atoms with Crippen LogP contribution in [-0.2, 0) is 15.7 Å². The summed E-state index contributed by atoms with van der Waals surface area (Å²) in [5.74, 6) is 0. The minimum atomic E-state index is -3.61. The number of aliphatic hydroxyl groups is 1. The Morgan fingerprint density at radius 3 is 2.35 bits per heavy atom. The number of nitrogens with one attached hydrogen (secondary N) is 2. The average Bonchev–Trinajstić information content (AvgIpc) is 2.29. The van der Waals surface area contributed by atoms with Crippen LogP contribution in [-0.4, -0.2) is 26.7 Å². The van der Waals surface area contributed by atoms with Crippen LogP contribution in [0.25, 0.3) is 0 Å². The summed E-state index contributed by atoms with van der Waals surface area (Å²) in [6.45, 7) is 3.31. The second-order valence-electron chi connectivity index (χ2n) is 3.96. The molecule has 3 N–H and O–H groups in total. The van der Waals surface area contributed by atoms with Crippen molar-refractivity contribution >= 4 is 10.2 Å². The minimum Gasteiger partial charge on any atom is -0.394 e. The van der Waals surface area contributed by atoms with Gasteiger partial charge in [-0.3, -0.25) is 0 Å². The van der Waals surface area contributed by atoms with Gasteiger partial charge in [-0.05, 0) is 12.5 Å².